The highest BCUT2D eigenvalue weighted by atomic mass is 32.2. The summed E-state index contributed by atoms with van der Waals surface area (Å²) in [5, 5.41) is 10.4. The second-order valence-corrected chi connectivity index (χ2v) is 8.78. The molecule has 1 unspecified atom stereocenters. The zero-order chi connectivity index (χ0) is 16.4. The number of hydrogen-bond donors (Lipinski definition) is 1. The monoisotopic (exact) mass is 338 g/mol. The van der Waals surface area contributed by atoms with E-state index in [1.165, 1.54) is 0 Å². The first-order chi connectivity index (χ1) is 11.0. The molecule has 2 aliphatic rings. The molecule has 1 aromatic rings. The summed E-state index contributed by atoms with van der Waals surface area (Å²) in [4.78, 5) is 2.24. The molecule has 1 N–H and O–H groups in total. The maximum absolute atomic E-state index is 12.0. The minimum absolute atomic E-state index is 0.148. The van der Waals surface area contributed by atoms with Crippen LogP contribution in [0.25, 0.3) is 0 Å². The van der Waals surface area contributed by atoms with Crippen LogP contribution in [-0.2, 0) is 10.0 Å². The Morgan fingerprint density at radius 2 is 2.00 bits per heavy atom. The van der Waals surface area contributed by atoms with Gasteiger partial charge in [-0.1, -0.05) is 29.8 Å². The van der Waals surface area contributed by atoms with Gasteiger partial charge in [-0.2, -0.15) is 4.31 Å². The summed E-state index contributed by atoms with van der Waals surface area (Å²) < 4.78 is 25.7. The Bertz CT molecular complexity index is 639. The van der Waals surface area contributed by atoms with Crippen LogP contribution in [0.15, 0.2) is 24.3 Å². The minimum atomic E-state index is -3.01. The lowest BCUT2D eigenvalue weighted by molar-refractivity contribution is 0.0854. The van der Waals surface area contributed by atoms with Crippen molar-refractivity contribution in [3.05, 3.63) is 35.4 Å². The van der Waals surface area contributed by atoms with E-state index in [4.69, 9.17) is 0 Å². The van der Waals surface area contributed by atoms with Crippen molar-refractivity contribution in [1.29, 1.82) is 0 Å². The van der Waals surface area contributed by atoms with Crippen molar-refractivity contribution >= 4 is 10.0 Å². The van der Waals surface area contributed by atoms with E-state index in [1.807, 2.05) is 31.2 Å². The van der Waals surface area contributed by atoms with Gasteiger partial charge >= 0.3 is 0 Å². The number of piperidine rings is 1. The van der Waals surface area contributed by atoms with Crippen LogP contribution in [0.2, 0.25) is 0 Å². The molecule has 5 nitrogen and oxygen atoms in total. The highest BCUT2D eigenvalue weighted by Gasteiger charge is 2.36. The number of nitrogens with zero attached hydrogens (tertiary/aromatic N) is 2. The summed E-state index contributed by atoms with van der Waals surface area (Å²) in [5.74, 6) is 0.305. The summed E-state index contributed by atoms with van der Waals surface area (Å²) in [6, 6.07) is 8.13. The van der Waals surface area contributed by atoms with E-state index in [1.54, 1.807) is 4.31 Å². The average molecular weight is 338 g/mol. The molecule has 2 heterocycles. The molecule has 0 amide bonds. The number of rotatable bonds is 4. The predicted octanol–water partition coefficient (Wildman–Crippen LogP) is 1.53. The van der Waals surface area contributed by atoms with Crippen LogP contribution < -0.4 is 0 Å². The van der Waals surface area contributed by atoms with E-state index in [0.29, 0.717) is 18.8 Å². The van der Waals surface area contributed by atoms with Crippen molar-refractivity contribution < 1.29 is 13.5 Å². The fraction of sp³-hybridized carbons (Fsp3) is 0.647. The molecule has 2 aliphatic heterocycles. The summed E-state index contributed by atoms with van der Waals surface area (Å²) in [7, 11) is -3.01. The molecule has 1 aromatic carbocycles. The first-order valence-corrected chi connectivity index (χ1v) is 10.0. The lowest BCUT2D eigenvalue weighted by Gasteiger charge is -2.36. The molecule has 0 radical (unpaired) electrons. The van der Waals surface area contributed by atoms with Crippen LogP contribution in [0.4, 0.5) is 0 Å². The standard InChI is InChI=1S/C17H26N2O3S/c1-14-4-2-5-15(12-14)17(20)13-18-9-6-16(7-10-18)19-8-3-11-23(19,21)22/h2,4-5,12,16-17,20H,3,6-11,13H2,1H3. The third-order valence-electron chi connectivity index (χ3n) is 4.96. The normalized spacial score (nSPS) is 24.8. The van der Waals surface area contributed by atoms with Gasteiger partial charge in [0.25, 0.3) is 0 Å². The van der Waals surface area contributed by atoms with Crippen LogP contribution in [-0.4, -0.2) is 60.7 Å². The molecule has 0 aromatic heterocycles. The smallest absolute Gasteiger partial charge is 0.214 e. The summed E-state index contributed by atoms with van der Waals surface area (Å²) in [6.45, 7) is 5.01. The third kappa shape index (κ3) is 3.94. The topological polar surface area (TPSA) is 60.9 Å². The van der Waals surface area contributed by atoms with E-state index >= 15 is 0 Å². The van der Waals surface area contributed by atoms with Crippen LogP contribution in [0.5, 0.6) is 0 Å². The van der Waals surface area contributed by atoms with Crippen molar-refractivity contribution in [3.63, 3.8) is 0 Å². The lowest BCUT2D eigenvalue weighted by Crippen LogP contribution is -2.46. The summed E-state index contributed by atoms with van der Waals surface area (Å²) >= 11 is 0. The van der Waals surface area contributed by atoms with Crippen LogP contribution in [0.1, 0.15) is 36.5 Å². The van der Waals surface area contributed by atoms with Gasteiger partial charge in [-0.3, -0.25) is 0 Å². The first-order valence-electron chi connectivity index (χ1n) is 8.42. The van der Waals surface area contributed by atoms with Crippen LogP contribution in [0, 0.1) is 6.92 Å². The summed E-state index contributed by atoms with van der Waals surface area (Å²) in [6.07, 6.45) is 2.00. The van der Waals surface area contributed by atoms with Gasteiger partial charge < -0.3 is 10.0 Å². The Kier molecular flexibility index (Phi) is 5.06. The Hall–Kier alpha value is -0.950. The van der Waals surface area contributed by atoms with Gasteiger partial charge in [-0.05, 0) is 44.8 Å². The predicted molar refractivity (Wildman–Crippen MR) is 90.7 cm³/mol. The zero-order valence-electron chi connectivity index (χ0n) is 13.7. The van der Waals surface area contributed by atoms with Gasteiger partial charge in [0, 0.05) is 19.1 Å². The molecule has 0 bridgehead atoms. The molecule has 2 saturated heterocycles. The number of aliphatic hydroxyl groups is 1. The number of benzene rings is 1. The fourth-order valence-corrected chi connectivity index (χ4v) is 5.49. The second-order valence-electron chi connectivity index (χ2n) is 6.74. The van der Waals surface area contributed by atoms with E-state index in [9.17, 15) is 13.5 Å². The van der Waals surface area contributed by atoms with Crippen LogP contribution >= 0.6 is 0 Å². The van der Waals surface area contributed by atoms with Gasteiger partial charge in [0.1, 0.15) is 0 Å². The minimum Gasteiger partial charge on any atom is -0.387 e. The average Bonchev–Trinajstić information content (AvgIpc) is 2.87. The third-order valence-corrected chi connectivity index (χ3v) is 6.96. The SMILES string of the molecule is Cc1cccc(C(O)CN2CCC(N3CCCS3(=O)=O)CC2)c1. The maximum Gasteiger partial charge on any atom is 0.214 e. The molecule has 3 rings (SSSR count). The maximum atomic E-state index is 12.0. The number of sulfonamides is 1. The molecular weight excluding hydrogens is 312 g/mol. The van der Waals surface area contributed by atoms with Gasteiger partial charge in [0.2, 0.25) is 10.0 Å². The molecule has 23 heavy (non-hydrogen) atoms. The Morgan fingerprint density at radius 3 is 2.61 bits per heavy atom. The molecule has 0 aliphatic carbocycles. The Morgan fingerprint density at radius 1 is 1.26 bits per heavy atom. The second kappa shape index (κ2) is 6.89. The first kappa shape index (κ1) is 16.9. The number of hydrogen-bond acceptors (Lipinski definition) is 4. The molecule has 2 fully saturated rings. The van der Waals surface area contributed by atoms with Gasteiger partial charge in [-0.15, -0.1) is 0 Å². The van der Waals surface area contributed by atoms with Crippen molar-refractivity contribution in [2.75, 3.05) is 31.9 Å². The molecule has 1 atom stereocenters. The Balaban J connectivity index is 1.53. The fourth-order valence-electron chi connectivity index (χ4n) is 3.69. The highest BCUT2D eigenvalue weighted by molar-refractivity contribution is 7.89. The largest absolute Gasteiger partial charge is 0.387 e. The number of aryl methyl sites for hydroxylation is 1. The molecule has 0 saturated carbocycles. The van der Waals surface area contributed by atoms with Crippen molar-refractivity contribution in [2.24, 2.45) is 0 Å². The number of likely N-dealkylation sites (tertiary alicyclic amines) is 1. The van der Waals surface area contributed by atoms with Gasteiger partial charge in [-0.25, -0.2) is 8.42 Å². The van der Waals surface area contributed by atoms with Crippen molar-refractivity contribution in [3.8, 4) is 0 Å². The molecule has 6 heteroatoms. The van der Waals surface area contributed by atoms with Crippen molar-refractivity contribution in [1.82, 2.24) is 9.21 Å². The number of aliphatic hydroxyl groups excluding tert-OH is 1. The number of β-amino-alcohol motifs (C(OH)–C–C–N with tert-alkyl or cyclic N) is 1. The van der Waals surface area contributed by atoms with E-state index < -0.39 is 16.1 Å². The highest BCUT2D eigenvalue weighted by Crippen LogP contribution is 2.25. The van der Waals surface area contributed by atoms with E-state index in [0.717, 1.165) is 43.5 Å². The Labute approximate surface area is 139 Å². The van der Waals surface area contributed by atoms with E-state index in [2.05, 4.69) is 4.90 Å². The zero-order valence-corrected chi connectivity index (χ0v) is 14.5. The van der Waals surface area contributed by atoms with E-state index in [-0.39, 0.29) is 6.04 Å². The lowest BCUT2D eigenvalue weighted by atomic mass is 10.0. The molecule has 128 valence electrons. The quantitative estimate of drug-likeness (QED) is 0.904. The summed E-state index contributed by atoms with van der Waals surface area (Å²) in [5.41, 5.74) is 2.11. The van der Waals surface area contributed by atoms with Crippen LogP contribution in [0.3, 0.4) is 0 Å². The molecule has 0 spiro atoms. The molecular formula is C17H26N2O3S. The van der Waals surface area contributed by atoms with Gasteiger partial charge in [0.15, 0.2) is 0 Å². The van der Waals surface area contributed by atoms with Gasteiger partial charge in [0.05, 0.1) is 11.9 Å². The van der Waals surface area contributed by atoms with Crippen molar-refractivity contribution in [2.45, 2.75) is 38.3 Å².